The van der Waals surface area contributed by atoms with Crippen molar-refractivity contribution in [2.45, 2.75) is 12.5 Å². The zero-order valence-electron chi connectivity index (χ0n) is 8.53. The molecule has 0 radical (unpaired) electrons. The summed E-state index contributed by atoms with van der Waals surface area (Å²) in [6, 6.07) is 7.25. The van der Waals surface area contributed by atoms with E-state index >= 15 is 0 Å². The molecule has 0 aromatic heterocycles. The maximum Gasteiger partial charge on any atom is 0.328 e. The van der Waals surface area contributed by atoms with Gasteiger partial charge in [-0.1, -0.05) is 0 Å². The molecule has 0 unspecified atom stereocenters. The van der Waals surface area contributed by atoms with Crippen LogP contribution in [-0.4, -0.2) is 25.7 Å². The molecule has 1 N–H and O–H groups in total. The Balaban J connectivity index is 2.01. The van der Waals surface area contributed by atoms with Crippen LogP contribution in [0.15, 0.2) is 24.3 Å². The molecule has 0 saturated carbocycles. The fraction of sp³-hybridized carbons (Fsp3) is 0.364. The second-order valence-corrected chi connectivity index (χ2v) is 3.38. The summed E-state index contributed by atoms with van der Waals surface area (Å²) in [5, 5.41) is 3.11. The van der Waals surface area contributed by atoms with Gasteiger partial charge in [-0.3, -0.25) is 0 Å². The summed E-state index contributed by atoms with van der Waals surface area (Å²) in [7, 11) is 1.62. The Labute approximate surface area is 88.2 Å². The molecule has 4 heteroatoms. The third-order valence-corrected chi connectivity index (χ3v) is 2.37. The van der Waals surface area contributed by atoms with Crippen LogP contribution < -0.4 is 10.1 Å². The average molecular weight is 207 g/mol. The van der Waals surface area contributed by atoms with E-state index < -0.39 is 0 Å². The van der Waals surface area contributed by atoms with E-state index in [9.17, 15) is 4.79 Å². The Morgan fingerprint density at radius 2 is 2.13 bits per heavy atom. The summed E-state index contributed by atoms with van der Waals surface area (Å²) in [6.45, 7) is 0.507. The smallest absolute Gasteiger partial charge is 0.328 e. The number of cyclic esters (lactones) is 1. The monoisotopic (exact) mass is 207 g/mol. The highest BCUT2D eigenvalue weighted by atomic mass is 16.5. The second kappa shape index (κ2) is 4.21. The second-order valence-electron chi connectivity index (χ2n) is 3.38. The largest absolute Gasteiger partial charge is 0.497 e. The molecular formula is C11H13NO3. The lowest BCUT2D eigenvalue weighted by Gasteiger charge is -2.10. The summed E-state index contributed by atoms with van der Waals surface area (Å²) in [5.74, 6) is 0.625. The molecule has 4 nitrogen and oxygen atoms in total. The van der Waals surface area contributed by atoms with Gasteiger partial charge in [0, 0.05) is 12.1 Å². The minimum Gasteiger partial charge on any atom is -0.497 e. The number of rotatable bonds is 3. The topological polar surface area (TPSA) is 47.6 Å². The number of methoxy groups -OCH3 is 1. The van der Waals surface area contributed by atoms with Crippen LogP contribution in [0.4, 0.5) is 5.69 Å². The van der Waals surface area contributed by atoms with Crippen molar-refractivity contribution in [3.8, 4) is 5.75 Å². The van der Waals surface area contributed by atoms with Crippen LogP contribution in [-0.2, 0) is 9.53 Å². The van der Waals surface area contributed by atoms with E-state index in [1.54, 1.807) is 7.11 Å². The van der Waals surface area contributed by atoms with Gasteiger partial charge in [-0.25, -0.2) is 4.79 Å². The number of esters is 1. The summed E-state index contributed by atoms with van der Waals surface area (Å²) in [4.78, 5) is 11.2. The lowest BCUT2D eigenvalue weighted by Crippen LogP contribution is -2.24. The lowest BCUT2D eigenvalue weighted by atomic mass is 10.2. The molecule has 1 aliphatic rings. The Hall–Kier alpha value is -1.71. The molecular weight excluding hydrogens is 194 g/mol. The van der Waals surface area contributed by atoms with E-state index in [1.807, 2.05) is 24.3 Å². The minimum absolute atomic E-state index is 0.175. The van der Waals surface area contributed by atoms with Crippen LogP contribution in [0, 0.1) is 0 Å². The number of anilines is 1. The van der Waals surface area contributed by atoms with Crippen molar-refractivity contribution in [3.05, 3.63) is 24.3 Å². The highest BCUT2D eigenvalue weighted by Crippen LogP contribution is 2.18. The van der Waals surface area contributed by atoms with Crippen LogP contribution in [0.3, 0.4) is 0 Å². The number of carbonyl (C=O) groups excluding carboxylic acids is 1. The fourth-order valence-corrected chi connectivity index (χ4v) is 1.52. The Morgan fingerprint density at radius 3 is 2.67 bits per heavy atom. The molecule has 0 amide bonds. The third-order valence-electron chi connectivity index (χ3n) is 2.37. The molecule has 1 aromatic rings. The van der Waals surface area contributed by atoms with Gasteiger partial charge >= 0.3 is 5.97 Å². The van der Waals surface area contributed by atoms with E-state index in [0.717, 1.165) is 17.9 Å². The maximum absolute atomic E-state index is 11.2. The molecule has 1 aliphatic heterocycles. The van der Waals surface area contributed by atoms with E-state index in [1.165, 1.54) is 0 Å². The molecule has 0 aliphatic carbocycles. The third kappa shape index (κ3) is 2.21. The molecule has 2 rings (SSSR count). The van der Waals surface area contributed by atoms with Crippen molar-refractivity contribution in [1.82, 2.24) is 0 Å². The SMILES string of the molecule is COc1ccc(N[C@H]2CCOC2=O)cc1. The van der Waals surface area contributed by atoms with Crippen LogP contribution in [0.1, 0.15) is 6.42 Å². The molecule has 1 atom stereocenters. The lowest BCUT2D eigenvalue weighted by molar-refractivity contribution is -0.138. The van der Waals surface area contributed by atoms with Crippen molar-refractivity contribution in [2.24, 2.45) is 0 Å². The zero-order chi connectivity index (χ0) is 10.7. The van der Waals surface area contributed by atoms with Gasteiger partial charge in [0.2, 0.25) is 0 Å². The number of ether oxygens (including phenoxy) is 2. The van der Waals surface area contributed by atoms with Crippen molar-refractivity contribution in [2.75, 3.05) is 19.0 Å². The normalized spacial score (nSPS) is 19.8. The van der Waals surface area contributed by atoms with Gasteiger partial charge in [0.1, 0.15) is 11.8 Å². The molecule has 1 saturated heterocycles. The number of hydrogen-bond acceptors (Lipinski definition) is 4. The molecule has 0 bridgehead atoms. The van der Waals surface area contributed by atoms with Crippen molar-refractivity contribution >= 4 is 11.7 Å². The summed E-state index contributed by atoms with van der Waals surface area (Å²) >= 11 is 0. The minimum atomic E-state index is -0.210. The molecule has 1 fully saturated rings. The Kier molecular flexibility index (Phi) is 2.76. The van der Waals surface area contributed by atoms with E-state index in [-0.39, 0.29) is 12.0 Å². The number of carbonyl (C=O) groups is 1. The number of nitrogens with one attached hydrogen (secondary N) is 1. The highest BCUT2D eigenvalue weighted by molar-refractivity contribution is 5.80. The van der Waals surface area contributed by atoms with Crippen LogP contribution in [0.25, 0.3) is 0 Å². The number of benzene rings is 1. The van der Waals surface area contributed by atoms with Gasteiger partial charge in [0.05, 0.1) is 13.7 Å². The predicted molar refractivity (Wildman–Crippen MR) is 56.0 cm³/mol. The van der Waals surface area contributed by atoms with Gasteiger partial charge in [0.15, 0.2) is 0 Å². The predicted octanol–water partition coefficient (Wildman–Crippen LogP) is 1.42. The zero-order valence-corrected chi connectivity index (χ0v) is 8.53. The van der Waals surface area contributed by atoms with Gasteiger partial charge in [-0.15, -0.1) is 0 Å². The first-order valence-corrected chi connectivity index (χ1v) is 4.87. The van der Waals surface area contributed by atoms with E-state index in [2.05, 4.69) is 5.32 Å². The Bertz CT molecular complexity index is 347. The maximum atomic E-state index is 11.2. The van der Waals surface area contributed by atoms with Gasteiger partial charge in [0.25, 0.3) is 0 Å². The van der Waals surface area contributed by atoms with Gasteiger partial charge in [-0.2, -0.15) is 0 Å². The van der Waals surface area contributed by atoms with Crippen LogP contribution in [0.2, 0.25) is 0 Å². The van der Waals surface area contributed by atoms with Crippen molar-refractivity contribution in [3.63, 3.8) is 0 Å². The molecule has 15 heavy (non-hydrogen) atoms. The Morgan fingerprint density at radius 1 is 1.40 bits per heavy atom. The molecule has 1 heterocycles. The van der Waals surface area contributed by atoms with Gasteiger partial charge in [-0.05, 0) is 24.3 Å². The van der Waals surface area contributed by atoms with Crippen LogP contribution >= 0.6 is 0 Å². The van der Waals surface area contributed by atoms with E-state index in [0.29, 0.717) is 6.61 Å². The average Bonchev–Trinajstić information content (AvgIpc) is 2.66. The first-order valence-electron chi connectivity index (χ1n) is 4.87. The van der Waals surface area contributed by atoms with Crippen molar-refractivity contribution < 1.29 is 14.3 Å². The number of hydrogen-bond donors (Lipinski definition) is 1. The first kappa shape index (κ1) is 9.83. The van der Waals surface area contributed by atoms with Crippen LogP contribution in [0.5, 0.6) is 5.75 Å². The molecule has 0 spiro atoms. The molecule has 80 valence electrons. The van der Waals surface area contributed by atoms with E-state index in [4.69, 9.17) is 9.47 Å². The van der Waals surface area contributed by atoms with Gasteiger partial charge < -0.3 is 14.8 Å². The summed E-state index contributed by atoms with van der Waals surface area (Å²) < 4.78 is 9.90. The fourth-order valence-electron chi connectivity index (χ4n) is 1.52. The molecule has 1 aromatic carbocycles. The standard InChI is InChI=1S/C11H13NO3/c1-14-9-4-2-8(3-5-9)12-10-6-7-15-11(10)13/h2-5,10,12H,6-7H2,1H3/t10-/m0/s1. The first-order chi connectivity index (χ1) is 7.29. The summed E-state index contributed by atoms with van der Waals surface area (Å²) in [5.41, 5.74) is 0.902. The van der Waals surface area contributed by atoms with Crippen molar-refractivity contribution in [1.29, 1.82) is 0 Å². The quantitative estimate of drug-likeness (QED) is 0.761. The summed E-state index contributed by atoms with van der Waals surface area (Å²) in [6.07, 6.45) is 0.727. The highest BCUT2D eigenvalue weighted by Gasteiger charge is 2.25.